The van der Waals surface area contributed by atoms with Gasteiger partial charge in [0.05, 0.1) is 17.2 Å². The van der Waals surface area contributed by atoms with E-state index in [0.29, 0.717) is 28.0 Å². The minimum absolute atomic E-state index is 0.00872. The summed E-state index contributed by atoms with van der Waals surface area (Å²) in [4.78, 5) is 31.5. The van der Waals surface area contributed by atoms with Crippen molar-refractivity contribution < 1.29 is 22.7 Å². The number of sulfonamides is 1. The molecule has 1 aliphatic rings. The molecule has 4 aromatic carbocycles. The lowest BCUT2D eigenvalue weighted by molar-refractivity contribution is -0.140. The van der Waals surface area contributed by atoms with Crippen molar-refractivity contribution in [2.45, 2.75) is 73.9 Å². The molecule has 51 heavy (non-hydrogen) atoms. The average Bonchev–Trinajstić information content (AvgIpc) is 3.14. The number of nitrogens with zero attached hydrogens (tertiary/aromatic N) is 2. The van der Waals surface area contributed by atoms with Crippen LogP contribution in [0.15, 0.2) is 107 Å². The molecule has 1 atom stereocenters. The van der Waals surface area contributed by atoms with Crippen molar-refractivity contribution in [3.8, 4) is 5.75 Å². The van der Waals surface area contributed by atoms with E-state index in [-0.39, 0.29) is 35.5 Å². The van der Waals surface area contributed by atoms with E-state index in [0.717, 1.165) is 46.9 Å². The molecule has 8 nitrogen and oxygen atoms in total. The van der Waals surface area contributed by atoms with Crippen molar-refractivity contribution in [2.24, 2.45) is 0 Å². The molecule has 1 fully saturated rings. The van der Waals surface area contributed by atoms with Crippen LogP contribution in [0.4, 0.5) is 5.69 Å². The number of hydrogen-bond donors (Lipinski definition) is 1. The molecule has 2 amide bonds. The summed E-state index contributed by atoms with van der Waals surface area (Å²) in [6.07, 6.45) is 7.00. The third-order valence-corrected chi connectivity index (χ3v) is 12.1. The summed E-state index contributed by atoms with van der Waals surface area (Å²) in [7, 11) is -4.26. The van der Waals surface area contributed by atoms with Gasteiger partial charge in [0, 0.05) is 33.9 Å². The van der Waals surface area contributed by atoms with Crippen LogP contribution in [0, 0.1) is 0 Å². The van der Waals surface area contributed by atoms with Gasteiger partial charge in [-0.1, -0.05) is 78.9 Å². The SMILES string of the molecule is CCOc1ccc(N(CC(=O)N(Cc2ccc(Cl)cc2Cl)C(Cc2ccccc2)C(=O)NC2CCCCC2)S(=O)(=O)c2ccc(SC)cc2)cc1. The number of ether oxygens (including phenoxy) is 1. The van der Waals surface area contributed by atoms with Gasteiger partial charge < -0.3 is 15.0 Å². The van der Waals surface area contributed by atoms with Crippen LogP contribution in [0.5, 0.6) is 5.75 Å². The Kier molecular flexibility index (Phi) is 13.7. The van der Waals surface area contributed by atoms with E-state index in [1.54, 1.807) is 54.6 Å². The Labute approximate surface area is 315 Å². The molecule has 1 saturated carbocycles. The number of amides is 2. The maximum Gasteiger partial charge on any atom is 0.264 e. The third kappa shape index (κ3) is 10.2. The van der Waals surface area contributed by atoms with E-state index in [4.69, 9.17) is 27.9 Å². The quantitative estimate of drug-likeness (QED) is 0.122. The Morgan fingerprint density at radius 3 is 2.24 bits per heavy atom. The number of rotatable bonds is 15. The molecule has 12 heteroatoms. The summed E-state index contributed by atoms with van der Waals surface area (Å²) in [5, 5.41) is 3.98. The second kappa shape index (κ2) is 18.2. The maximum absolute atomic E-state index is 14.8. The van der Waals surface area contributed by atoms with Crippen LogP contribution in [0.3, 0.4) is 0 Å². The zero-order valence-corrected chi connectivity index (χ0v) is 31.9. The Hall–Kier alpha value is -3.70. The standard InChI is InChI=1S/C39H43Cl2N3O5S2/c1-3-49-33-18-16-32(17-19-33)44(51(47,48)35-22-20-34(50-2)21-23-35)27-38(45)43(26-29-14-15-30(40)25-36(29)41)37(24-28-10-6-4-7-11-28)39(46)42-31-12-8-5-9-13-31/h4,6-7,10-11,14-23,25,31,37H,3,5,8-9,12-13,24,26-27H2,1-2H3,(H,42,46). The minimum Gasteiger partial charge on any atom is -0.494 e. The van der Waals surface area contributed by atoms with Crippen LogP contribution in [0.25, 0.3) is 0 Å². The molecule has 0 spiro atoms. The first-order valence-electron chi connectivity index (χ1n) is 17.1. The summed E-state index contributed by atoms with van der Waals surface area (Å²) in [5.74, 6) is -0.304. The molecule has 0 aromatic heterocycles. The lowest BCUT2D eigenvalue weighted by Gasteiger charge is -2.35. The number of carbonyl (C=O) groups excluding carboxylic acids is 2. The molecule has 4 aromatic rings. The fraction of sp³-hybridized carbons (Fsp3) is 0.333. The Bertz CT molecular complexity index is 1870. The number of halogens is 2. The smallest absolute Gasteiger partial charge is 0.264 e. The molecule has 1 unspecified atom stereocenters. The molecule has 0 saturated heterocycles. The van der Waals surface area contributed by atoms with E-state index >= 15 is 0 Å². The van der Waals surface area contributed by atoms with E-state index in [1.165, 1.54) is 28.8 Å². The van der Waals surface area contributed by atoms with Crippen molar-refractivity contribution in [1.82, 2.24) is 10.2 Å². The van der Waals surface area contributed by atoms with Crippen molar-refractivity contribution in [1.29, 1.82) is 0 Å². The first-order chi connectivity index (χ1) is 24.6. The van der Waals surface area contributed by atoms with Crippen LogP contribution < -0.4 is 14.4 Å². The van der Waals surface area contributed by atoms with E-state index in [2.05, 4.69) is 5.32 Å². The maximum atomic E-state index is 14.8. The Balaban J connectivity index is 1.58. The number of nitrogens with one attached hydrogen (secondary N) is 1. The number of carbonyl (C=O) groups is 2. The van der Waals surface area contributed by atoms with Gasteiger partial charge in [-0.25, -0.2) is 8.42 Å². The van der Waals surface area contributed by atoms with Gasteiger partial charge in [0.1, 0.15) is 18.3 Å². The van der Waals surface area contributed by atoms with Crippen LogP contribution in [0.1, 0.15) is 50.2 Å². The van der Waals surface area contributed by atoms with Crippen molar-refractivity contribution >= 4 is 62.5 Å². The fourth-order valence-electron chi connectivity index (χ4n) is 6.21. The van der Waals surface area contributed by atoms with Crippen LogP contribution in [-0.4, -0.2) is 56.6 Å². The fourth-order valence-corrected chi connectivity index (χ4v) is 8.50. The van der Waals surface area contributed by atoms with Crippen molar-refractivity contribution in [2.75, 3.05) is 23.7 Å². The highest BCUT2D eigenvalue weighted by Gasteiger charge is 2.36. The Morgan fingerprint density at radius 1 is 0.922 bits per heavy atom. The molecule has 0 bridgehead atoms. The van der Waals surface area contributed by atoms with Crippen molar-refractivity contribution in [3.63, 3.8) is 0 Å². The summed E-state index contributed by atoms with van der Waals surface area (Å²) >= 11 is 14.4. The third-order valence-electron chi connectivity index (χ3n) is 8.94. The molecule has 0 radical (unpaired) electrons. The second-order valence-electron chi connectivity index (χ2n) is 12.4. The number of thioether (sulfide) groups is 1. The summed E-state index contributed by atoms with van der Waals surface area (Å²) in [6, 6.07) is 26.6. The molecule has 270 valence electrons. The first-order valence-corrected chi connectivity index (χ1v) is 20.5. The van der Waals surface area contributed by atoms with Gasteiger partial charge >= 0.3 is 0 Å². The van der Waals surface area contributed by atoms with Gasteiger partial charge in [0.2, 0.25) is 11.8 Å². The van der Waals surface area contributed by atoms with Gasteiger partial charge in [-0.2, -0.15) is 0 Å². The molecule has 5 rings (SSSR count). The molecule has 1 aliphatic carbocycles. The second-order valence-corrected chi connectivity index (χ2v) is 16.0. The molecule has 1 N–H and O–H groups in total. The summed E-state index contributed by atoms with van der Waals surface area (Å²) in [6.45, 7) is 1.67. The van der Waals surface area contributed by atoms with Gasteiger partial charge in [0.25, 0.3) is 10.0 Å². The number of anilines is 1. The van der Waals surface area contributed by atoms with Gasteiger partial charge in [0.15, 0.2) is 0 Å². The minimum atomic E-state index is -4.26. The predicted molar refractivity (Wildman–Crippen MR) is 206 cm³/mol. The zero-order valence-electron chi connectivity index (χ0n) is 28.8. The first kappa shape index (κ1) is 38.5. The summed E-state index contributed by atoms with van der Waals surface area (Å²) in [5.41, 5.74) is 1.70. The summed E-state index contributed by atoms with van der Waals surface area (Å²) < 4.78 is 35.5. The Morgan fingerprint density at radius 2 is 1.61 bits per heavy atom. The lowest BCUT2D eigenvalue weighted by atomic mass is 9.94. The van der Waals surface area contributed by atoms with Crippen molar-refractivity contribution in [3.05, 3.63) is 118 Å². The van der Waals surface area contributed by atoms with Crippen LogP contribution >= 0.6 is 35.0 Å². The van der Waals surface area contributed by atoms with Crippen LogP contribution in [0.2, 0.25) is 10.0 Å². The van der Waals surface area contributed by atoms with E-state index < -0.39 is 28.5 Å². The highest BCUT2D eigenvalue weighted by Crippen LogP contribution is 2.29. The number of hydrogen-bond acceptors (Lipinski definition) is 6. The largest absolute Gasteiger partial charge is 0.494 e. The monoisotopic (exact) mass is 767 g/mol. The van der Waals surface area contributed by atoms with E-state index in [1.807, 2.05) is 43.5 Å². The molecular weight excluding hydrogens is 725 g/mol. The van der Waals surface area contributed by atoms with E-state index in [9.17, 15) is 18.0 Å². The zero-order chi connectivity index (χ0) is 36.4. The normalized spacial score (nSPS) is 14.0. The highest BCUT2D eigenvalue weighted by atomic mass is 35.5. The molecule has 0 aliphatic heterocycles. The molecular formula is C39H43Cl2N3O5S2. The predicted octanol–water partition coefficient (Wildman–Crippen LogP) is 8.40. The number of benzene rings is 4. The lowest BCUT2D eigenvalue weighted by Crippen LogP contribution is -2.55. The van der Waals surface area contributed by atoms with Crippen LogP contribution in [-0.2, 0) is 32.6 Å². The van der Waals surface area contributed by atoms with Gasteiger partial charge in [-0.05, 0) is 97.8 Å². The highest BCUT2D eigenvalue weighted by molar-refractivity contribution is 7.98. The molecule has 0 heterocycles. The van der Waals surface area contributed by atoms with Gasteiger partial charge in [-0.15, -0.1) is 11.8 Å². The average molecular weight is 769 g/mol. The van der Waals surface area contributed by atoms with Gasteiger partial charge in [-0.3, -0.25) is 13.9 Å². The topological polar surface area (TPSA) is 96.0 Å².